The van der Waals surface area contributed by atoms with Crippen LogP contribution in [0.3, 0.4) is 0 Å². The summed E-state index contributed by atoms with van der Waals surface area (Å²) in [4.78, 5) is 11.9. The number of aryl methyl sites for hydroxylation is 1. The Kier molecular flexibility index (Phi) is 5.72. The van der Waals surface area contributed by atoms with Crippen molar-refractivity contribution in [2.24, 2.45) is 0 Å². The summed E-state index contributed by atoms with van der Waals surface area (Å²) in [6.45, 7) is 0.248. The molecule has 0 aliphatic heterocycles. The number of nitrogens with one attached hydrogen (secondary N) is 1. The zero-order chi connectivity index (χ0) is 20.1. The summed E-state index contributed by atoms with van der Waals surface area (Å²) in [6.07, 6.45) is -4.27. The van der Waals surface area contributed by atoms with Crippen molar-refractivity contribution in [3.05, 3.63) is 71.4 Å². The summed E-state index contributed by atoms with van der Waals surface area (Å²) in [7, 11) is 0. The fourth-order valence-corrected chi connectivity index (χ4v) is 2.41. The normalized spacial score (nSPS) is 11.4. The van der Waals surface area contributed by atoms with Gasteiger partial charge in [-0.2, -0.15) is 13.2 Å². The van der Waals surface area contributed by atoms with Gasteiger partial charge in [-0.3, -0.25) is 4.79 Å². The highest BCUT2D eigenvalue weighted by atomic mass is 19.4. The lowest BCUT2D eigenvalue weighted by Gasteiger charge is -2.06. The highest BCUT2D eigenvalue weighted by molar-refractivity contribution is 5.76. The smallest absolute Gasteiger partial charge is 0.416 e. The Morgan fingerprint density at radius 1 is 1.07 bits per heavy atom. The standard InChI is InChI=1S/C19H15F4N3O2/c20-15-6-4-12(5-7-15)11-24-16(27)8-9-17-25-26-18(28-17)13-2-1-3-14(10-13)19(21,22)23/h1-7,10H,8-9,11H2,(H,24,27). The van der Waals surface area contributed by atoms with Crippen LogP contribution in [0, 0.1) is 5.82 Å². The van der Waals surface area contributed by atoms with Gasteiger partial charge in [-0.1, -0.05) is 18.2 Å². The number of halogens is 4. The SMILES string of the molecule is O=C(CCc1nnc(-c2cccc(C(F)(F)F)c2)o1)NCc1ccc(F)cc1. The van der Waals surface area contributed by atoms with Crippen LogP contribution in [0.5, 0.6) is 0 Å². The Hall–Kier alpha value is -3.23. The molecule has 1 amide bonds. The number of hydrogen-bond donors (Lipinski definition) is 1. The number of aromatic nitrogens is 2. The molecule has 3 rings (SSSR count). The molecule has 0 atom stereocenters. The molecule has 28 heavy (non-hydrogen) atoms. The first-order valence-corrected chi connectivity index (χ1v) is 8.32. The van der Waals surface area contributed by atoms with Gasteiger partial charge >= 0.3 is 6.18 Å². The Labute approximate surface area is 157 Å². The molecule has 0 aliphatic carbocycles. The van der Waals surface area contributed by atoms with E-state index in [0.717, 1.165) is 17.7 Å². The van der Waals surface area contributed by atoms with Gasteiger partial charge in [-0.05, 0) is 35.9 Å². The van der Waals surface area contributed by atoms with E-state index in [0.29, 0.717) is 0 Å². The molecule has 1 heterocycles. The van der Waals surface area contributed by atoms with E-state index >= 15 is 0 Å². The fourth-order valence-electron chi connectivity index (χ4n) is 2.41. The fraction of sp³-hybridized carbons (Fsp3) is 0.211. The molecule has 5 nitrogen and oxygen atoms in total. The van der Waals surface area contributed by atoms with Crippen LogP contribution in [-0.4, -0.2) is 16.1 Å². The minimum absolute atomic E-state index is 0.0483. The van der Waals surface area contributed by atoms with Crippen LogP contribution in [0.25, 0.3) is 11.5 Å². The van der Waals surface area contributed by atoms with E-state index in [2.05, 4.69) is 15.5 Å². The number of hydrogen-bond acceptors (Lipinski definition) is 4. The molecule has 0 radical (unpaired) electrons. The first-order chi connectivity index (χ1) is 13.3. The van der Waals surface area contributed by atoms with E-state index in [4.69, 9.17) is 4.42 Å². The summed E-state index contributed by atoms with van der Waals surface area (Å²) in [5.41, 5.74) is 0.0821. The third-order valence-electron chi connectivity index (χ3n) is 3.87. The van der Waals surface area contributed by atoms with E-state index in [1.807, 2.05) is 0 Å². The van der Waals surface area contributed by atoms with E-state index in [-0.39, 0.29) is 48.5 Å². The summed E-state index contributed by atoms with van der Waals surface area (Å²) >= 11 is 0. The van der Waals surface area contributed by atoms with Gasteiger partial charge in [0.05, 0.1) is 5.56 Å². The van der Waals surface area contributed by atoms with Gasteiger partial charge in [0.2, 0.25) is 17.7 Å². The minimum Gasteiger partial charge on any atom is -0.421 e. The summed E-state index contributed by atoms with van der Waals surface area (Å²) < 4.78 is 56.5. The molecule has 0 saturated heterocycles. The van der Waals surface area contributed by atoms with Gasteiger partial charge in [0, 0.05) is 24.9 Å². The first-order valence-electron chi connectivity index (χ1n) is 8.32. The van der Waals surface area contributed by atoms with E-state index in [9.17, 15) is 22.4 Å². The van der Waals surface area contributed by atoms with Crippen LogP contribution < -0.4 is 5.32 Å². The predicted molar refractivity (Wildman–Crippen MR) is 91.3 cm³/mol. The van der Waals surface area contributed by atoms with Crippen LogP contribution in [0.4, 0.5) is 17.6 Å². The second-order valence-corrected chi connectivity index (χ2v) is 5.98. The van der Waals surface area contributed by atoms with Crippen LogP contribution in [0.15, 0.2) is 52.9 Å². The quantitative estimate of drug-likeness (QED) is 0.639. The van der Waals surface area contributed by atoms with Crippen molar-refractivity contribution in [3.63, 3.8) is 0 Å². The first kappa shape index (κ1) is 19.5. The number of rotatable bonds is 6. The van der Waals surface area contributed by atoms with Gasteiger partial charge < -0.3 is 9.73 Å². The monoisotopic (exact) mass is 393 g/mol. The molecule has 0 fully saturated rings. The van der Waals surface area contributed by atoms with Crippen molar-refractivity contribution in [2.75, 3.05) is 0 Å². The lowest BCUT2D eigenvalue weighted by atomic mass is 10.1. The average molecular weight is 393 g/mol. The van der Waals surface area contributed by atoms with Crippen molar-refractivity contribution in [1.29, 1.82) is 0 Å². The maximum absolute atomic E-state index is 12.8. The second-order valence-electron chi connectivity index (χ2n) is 5.98. The molecule has 0 saturated carbocycles. The Morgan fingerprint density at radius 3 is 2.54 bits per heavy atom. The molecule has 1 aromatic heterocycles. The van der Waals surface area contributed by atoms with Crippen molar-refractivity contribution >= 4 is 5.91 Å². The van der Waals surface area contributed by atoms with Crippen molar-refractivity contribution < 1.29 is 26.8 Å². The maximum Gasteiger partial charge on any atom is 0.416 e. The number of carbonyl (C=O) groups excluding carboxylic acids is 1. The lowest BCUT2D eigenvalue weighted by molar-refractivity contribution is -0.137. The molecule has 0 bridgehead atoms. The Balaban J connectivity index is 1.54. The van der Waals surface area contributed by atoms with Gasteiger partial charge in [-0.25, -0.2) is 4.39 Å². The lowest BCUT2D eigenvalue weighted by Crippen LogP contribution is -2.23. The van der Waals surface area contributed by atoms with Crippen LogP contribution in [0.1, 0.15) is 23.4 Å². The number of alkyl halides is 3. The molecule has 0 spiro atoms. The molecule has 9 heteroatoms. The Bertz CT molecular complexity index is 952. The van der Waals surface area contributed by atoms with Crippen LogP contribution in [0.2, 0.25) is 0 Å². The average Bonchev–Trinajstić information content (AvgIpc) is 3.14. The second kappa shape index (κ2) is 8.20. The molecule has 1 N–H and O–H groups in total. The zero-order valence-electron chi connectivity index (χ0n) is 14.5. The van der Waals surface area contributed by atoms with Crippen LogP contribution >= 0.6 is 0 Å². The molecular formula is C19H15F4N3O2. The molecular weight excluding hydrogens is 378 g/mol. The number of amides is 1. The highest BCUT2D eigenvalue weighted by Gasteiger charge is 2.30. The largest absolute Gasteiger partial charge is 0.421 e. The maximum atomic E-state index is 12.8. The Morgan fingerprint density at radius 2 is 1.82 bits per heavy atom. The van der Waals surface area contributed by atoms with Gasteiger partial charge in [0.1, 0.15) is 5.82 Å². The van der Waals surface area contributed by atoms with Crippen molar-refractivity contribution in [1.82, 2.24) is 15.5 Å². The van der Waals surface area contributed by atoms with Crippen LogP contribution in [-0.2, 0) is 23.9 Å². The van der Waals surface area contributed by atoms with E-state index in [1.54, 1.807) is 12.1 Å². The molecule has 2 aromatic carbocycles. The van der Waals surface area contributed by atoms with E-state index < -0.39 is 11.7 Å². The number of nitrogens with zero attached hydrogens (tertiary/aromatic N) is 2. The van der Waals surface area contributed by atoms with Crippen molar-refractivity contribution in [2.45, 2.75) is 25.6 Å². The van der Waals surface area contributed by atoms with Gasteiger partial charge in [0.25, 0.3) is 0 Å². The molecule has 0 unspecified atom stereocenters. The topological polar surface area (TPSA) is 68.0 Å². The van der Waals surface area contributed by atoms with Crippen molar-refractivity contribution in [3.8, 4) is 11.5 Å². The molecule has 146 valence electrons. The van der Waals surface area contributed by atoms with E-state index in [1.165, 1.54) is 24.3 Å². The number of carbonyl (C=O) groups is 1. The summed E-state index contributed by atoms with van der Waals surface area (Å²) in [5.74, 6) is -0.539. The summed E-state index contributed by atoms with van der Waals surface area (Å²) in [6, 6.07) is 10.3. The molecule has 3 aromatic rings. The third-order valence-corrected chi connectivity index (χ3v) is 3.87. The zero-order valence-corrected chi connectivity index (χ0v) is 14.5. The number of benzene rings is 2. The summed E-state index contributed by atoms with van der Waals surface area (Å²) in [5, 5.41) is 10.2. The molecule has 0 aliphatic rings. The highest BCUT2D eigenvalue weighted by Crippen LogP contribution is 2.31. The predicted octanol–water partition coefficient (Wildman–Crippen LogP) is 4.14. The third kappa shape index (κ3) is 5.15. The van der Waals surface area contributed by atoms with Gasteiger partial charge in [-0.15, -0.1) is 10.2 Å². The minimum atomic E-state index is -4.47. The van der Waals surface area contributed by atoms with Gasteiger partial charge in [0.15, 0.2) is 0 Å².